The molecule has 0 heterocycles. The number of carboxylic acids is 1. The van der Waals surface area contributed by atoms with Gasteiger partial charge in [0.05, 0.1) is 12.0 Å². The van der Waals surface area contributed by atoms with E-state index in [0.29, 0.717) is 19.4 Å². The molecule has 7 heteroatoms. The number of carboxylic acid groups (broad SMARTS) is 1. The van der Waals surface area contributed by atoms with Crippen molar-refractivity contribution in [3.63, 3.8) is 0 Å². The Bertz CT molecular complexity index is 1070. The highest BCUT2D eigenvalue weighted by molar-refractivity contribution is 5.80. The number of nitrogens with one attached hydrogen (secondary N) is 2. The van der Waals surface area contributed by atoms with E-state index in [2.05, 4.69) is 34.9 Å². The molecule has 2 fully saturated rings. The SMILES string of the molecule is O=C(O)CC1(NC(=O)CC2(CNC(=O)OCC3c4ccccc4-c4ccccc43)CCC2)CC1. The predicted octanol–water partition coefficient (Wildman–Crippen LogP) is 4.21. The summed E-state index contributed by atoms with van der Waals surface area (Å²) in [5, 5.41) is 14.9. The second kappa shape index (κ2) is 8.78. The van der Waals surface area contributed by atoms with Crippen molar-refractivity contribution >= 4 is 18.0 Å². The summed E-state index contributed by atoms with van der Waals surface area (Å²) in [5.74, 6) is -1.02. The van der Waals surface area contributed by atoms with Crippen molar-refractivity contribution in [2.75, 3.05) is 13.2 Å². The van der Waals surface area contributed by atoms with Crippen molar-refractivity contribution in [1.29, 1.82) is 0 Å². The van der Waals surface area contributed by atoms with Crippen LogP contribution in [0, 0.1) is 5.41 Å². The minimum absolute atomic E-state index is 0.00515. The van der Waals surface area contributed by atoms with Gasteiger partial charge in [0.2, 0.25) is 5.91 Å². The van der Waals surface area contributed by atoms with Crippen molar-refractivity contribution < 1.29 is 24.2 Å². The third kappa shape index (κ3) is 4.52. The highest BCUT2D eigenvalue weighted by atomic mass is 16.5. The van der Waals surface area contributed by atoms with Crippen LogP contribution >= 0.6 is 0 Å². The van der Waals surface area contributed by atoms with Crippen LogP contribution in [-0.2, 0) is 14.3 Å². The zero-order valence-electron chi connectivity index (χ0n) is 19.1. The number of carbonyl (C=O) groups excluding carboxylic acids is 2. The molecule has 0 bridgehead atoms. The summed E-state index contributed by atoms with van der Waals surface area (Å²) < 4.78 is 5.63. The molecule has 178 valence electrons. The molecule has 2 aromatic carbocycles. The molecule has 2 amide bonds. The quantitative estimate of drug-likeness (QED) is 0.518. The molecule has 0 atom stereocenters. The minimum atomic E-state index is -0.895. The molecule has 7 nitrogen and oxygen atoms in total. The highest BCUT2D eigenvalue weighted by Crippen LogP contribution is 2.46. The standard InChI is InChI=1S/C27H30N2O5/c30-23(29-27(12-13-27)15-24(31)32)14-26(10-5-11-26)17-28-25(33)34-16-22-20-8-3-1-6-18(20)19-7-2-4-9-21(19)22/h1-4,6-9,22H,5,10-17H2,(H,28,33)(H,29,30)(H,31,32). The van der Waals surface area contributed by atoms with E-state index in [4.69, 9.17) is 9.84 Å². The largest absolute Gasteiger partial charge is 0.481 e. The zero-order chi connectivity index (χ0) is 23.8. The van der Waals surface area contributed by atoms with E-state index in [9.17, 15) is 14.4 Å². The van der Waals surface area contributed by atoms with Gasteiger partial charge in [0, 0.05) is 18.9 Å². The summed E-state index contributed by atoms with van der Waals surface area (Å²) in [7, 11) is 0. The van der Waals surface area contributed by atoms with Gasteiger partial charge in [-0.1, -0.05) is 55.0 Å². The molecule has 0 aromatic heterocycles. The minimum Gasteiger partial charge on any atom is -0.481 e. The van der Waals surface area contributed by atoms with Crippen molar-refractivity contribution in [3.05, 3.63) is 59.7 Å². The molecule has 0 spiro atoms. The Morgan fingerprint density at radius 3 is 2.06 bits per heavy atom. The monoisotopic (exact) mass is 462 g/mol. The topological polar surface area (TPSA) is 105 Å². The number of ether oxygens (including phenoxy) is 1. The normalized spacial score (nSPS) is 18.7. The first-order chi connectivity index (χ1) is 16.4. The molecule has 3 N–H and O–H groups in total. The highest BCUT2D eigenvalue weighted by Gasteiger charge is 2.47. The number of rotatable bonds is 9. The van der Waals surface area contributed by atoms with E-state index in [1.165, 1.54) is 22.3 Å². The first-order valence-corrected chi connectivity index (χ1v) is 12.0. The number of hydrogen-bond acceptors (Lipinski definition) is 4. The lowest BCUT2D eigenvalue weighted by molar-refractivity contribution is -0.138. The molecule has 3 aliphatic carbocycles. The van der Waals surface area contributed by atoms with Gasteiger partial charge in [-0.25, -0.2) is 4.79 Å². The van der Waals surface area contributed by atoms with Crippen molar-refractivity contribution in [1.82, 2.24) is 10.6 Å². The van der Waals surface area contributed by atoms with Gasteiger partial charge in [0.25, 0.3) is 0 Å². The lowest BCUT2D eigenvalue weighted by atomic mass is 9.66. The Morgan fingerprint density at radius 1 is 0.912 bits per heavy atom. The number of benzene rings is 2. The third-order valence-electron chi connectivity index (χ3n) is 7.65. The van der Waals surface area contributed by atoms with E-state index in [-0.39, 0.29) is 36.7 Å². The lowest BCUT2D eigenvalue weighted by Crippen LogP contribution is -2.47. The second-order valence-electron chi connectivity index (χ2n) is 10.1. The van der Waals surface area contributed by atoms with E-state index in [1.807, 2.05) is 24.3 Å². The van der Waals surface area contributed by atoms with E-state index in [1.54, 1.807) is 0 Å². The van der Waals surface area contributed by atoms with Gasteiger partial charge in [0.15, 0.2) is 0 Å². The van der Waals surface area contributed by atoms with Crippen molar-refractivity contribution in [2.24, 2.45) is 5.41 Å². The third-order valence-corrected chi connectivity index (χ3v) is 7.65. The van der Waals surface area contributed by atoms with Gasteiger partial charge in [-0.15, -0.1) is 0 Å². The van der Waals surface area contributed by atoms with Gasteiger partial charge in [0.1, 0.15) is 6.61 Å². The van der Waals surface area contributed by atoms with Crippen LogP contribution < -0.4 is 10.6 Å². The average molecular weight is 463 g/mol. The maximum Gasteiger partial charge on any atom is 0.407 e. The molecule has 3 aliphatic rings. The van der Waals surface area contributed by atoms with E-state index in [0.717, 1.165) is 19.3 Å². The smallest absolute Gasteiger partial charge is 0.407 e. The average Bonchev–Trinajstić information content (AvgIpc) is 3.45. The van der Waals surface area contributed by atoms with Crippen LogP contribution in [-0.4, -0.2) is 41.8 Å². The summed E-state index contributed by atoms with van der Waals surface area (Å²) in [6.07, 6.45) is 3.91. The van der Waals surface area contributed by atoms with Crippen LogP contribution in [0.4, 0.5) is 4.79 Å². The summed E-state index contributed by atoms with van der Waals surface area (Å²) in [6.45, 7) is 0.633. The maximum atomic E-state index is 12.6. The number of aliphatic carboxylic acids is 1. The Kier molecular flexibility index (Phi) is 5.80. The van der Waals surface area contributed by atoms with Gasteiger partial charge in [-0.3, -0.25) is 9.59 Å². The second-order valence-corrected chi connectivity index (χ2v) is 10.1. The van der Waals surface area contributed by atoms with Gasteiger partial charge in [-0.2, -0.15) is 0 Å². The number of hydrogen-bond donors (Lipinski definition) is 3. The van der Waals surface area contributed by atoms with E-state index < -0.39 is 17.6 Å². The first-order valence-electron chi connectivity index (χ1n) is 12.0. The molecule has 0 unspecified atom stereocenters. The number of alkyl carbamates (subject to hydrolysis) is 1. The fourth-order valence-corrected chi connectivity index (χ4v) is 5.47. The fourth-order valence-electron chi connectivity index (χ4n) is 5.47. The molecule has 5 rings (SSSR count). The van der Waals surface area contributed by atoms with Gasteiger partial charge in [-0.05, 0) is 53.4 Å². The van der Waals surface area contributed by atoms with E-state index >= 15 is 0 Å². The zero-order valence-corrected chi connectivity index (χ0v) is 19.1. The van der Waals surface area contributed by atoms with Crippen LogP contribution in [0.15, 0.2) is 48.5 Å². The molecule has 0 aliphatic heterocycles. The molecular weight excluding hydrogens is 432 g/mol. The summed E-state index contributed by atoms with van der Waals surface area (Å²) in [6, 6.07) is 16.4. The van der Waals surface area contributed by atoms with Crippen molar-refractivity contribution in [2.45, 2.75) is 56.4 Å². The van der Waals surface area contributed by atoms with Gasteiger partial charge < -0.3 is 20.5 Å². The fraction of sp³-hybridized carbons (Fsp3) is 0.444. The van der Waals surface area contributed by atoms with Crippen molar-refractivity contribution in [3.8, 4) is 11.1 Å². The van der Waals surface area contributed by atoms with Gasteiger partial charge >= 0.3 is 12.1 Å². The van der Waals surface area contributed by atoms with Crippen LogP contribution in [0.3, 0.4) is 0 Å². The molecular formula is C27H30N2O5. The predicted molar refractivity (Wildman–Crippen MR) is 126 cm³/mol. The molecule has 2 aromatic rings. The Hall–Kier alpha value is -3.35. The van der Waals surface area contributed by atoms with Crippen LogP contribution in [0.1, 0.15) is 62.0 Å². The summed E-state index contributed by atoms with van der Waals surface area (Å²) in [5.41, 5.74) is 3.84. The summed E-state index contributed by atoms with van der Waals surface area (Å²) in [4.78, 5) is 36.2. The van der Waals surface area contributed by atoms with Crippen LogP contribution in [0.2, 0.25) is 0 Å². The number of carbonyl (C=O) groups is 3. The number of amides is 2. The first kappa shape index (κ1) is 22.4. The lowest BCUT2D eigenvalue weighted by Gasteiger charge is -2.41. The molecule has 34 heavy (non-hydrogen) atoms. The Morgan fingerprint density at radius 2 is 1.53 bits per heavy atom. The molecule has 0 radical (unpaired) electrons. The number of fused-ring (bicyclic) bond motifs is 3. The molecule has 0 saturated heterocycles. The van der Waals surface area contributed by atoms with Crippen LogP contribution in [0.25, 0.3) is 11.1 Å². The maximum absolute atomic E-state index is 12.6. The Labute approximate surface area is 198 Å². The van der Waals surface area contributed by atoms with Crippen LogP contribution in [0.5, 0.6) is 0 Å². The molecule has 2 saturated carbocycles. The summed E-state index contributed by atoms with van der Waals surface area (Å²) >= 11 is 0. The Balaban J connectivity index is 1.14.